The van der Waals surface area contributed by atoms with Crippen LogP contribution in [0.3, 0.4) is 0 Å². The number of benzene rings is 1. The molecule has 0 saturated carbocycles. The Hall–Kier alpha value is -1.07. The van der Waals surface area contributed by atoms with Gasteiger partial charge >= 0.3 is 7.12 Å². The average molecular weight is 209 g/mol. The van der Waals surface area contributed by atoms with E-state index in [2.05, 4.69) is 4.90 Å². The standard InChI is InChI=1S/C10H13BFNO2/c12-10-4-3-8(7-9(10)11(14)15)13-5-1-2-6-13/h3-4,7,14-15H,1-2,5-6H2. The van der Waals surface area contributed by atoms with Crippen molar-refractivity contribution in [2.45, 2.75) is 12.8 Å². The van der Waals surface area contributed by atoms with Crippen LogP contribution in [0.15, 0.2) is 18.2 Å². The minimum atomic E-state index is -1.74. The largest absolute Gasteiger partial charge is 0.491 e. The van der Waals surface area contributed by atoms with Gasteiger partial charge in [-0.1, -0.05) is 0 Å². The Morgan fingerprint density at radius 3 is 2.47 bits per heavy atom. The van der Waals surface area contributed by atoms with E-state index < -0.39 is 12.9 Å². The van der Waals surface area contributed by atoms with Crippen LogP contribution in [0.5, 0.6) is 0 Å². The molecule has 1 aliphatic rings. The van der Waals surface area contributed by atoms with Crippen molar-refractivity contribution in [1.82, 2.24) is 0 Å². The van der Waals surface area contributed by atoms with Crippen LogP contribution in [0.2, 0.25) is 0 Å². The van der Waals surface area contributed by atoms with Crippen molar-refractivity contribution in [3.63, 3.8) is 0 Å². The molecule has 0 aromatic heterocycles. The van der Waals surface area contributed by atoms with E-state index in [9.17, 15) is 4.39 Å². The van der Waals surface area contributed by atoms with Crippen molar-refractivity contribution in [3.05, 3.63) is 24.0 Å². The highest BCUT2D eigenvalue weighted by molar-refractivity contribution is 6.58. The summed E-state index contributed by atoms with van der Waals surface area (Å²) in [4.78, 5) is 2.12. The van der Waals surface area contributed by atoms with E-state index in [1.54, 1.807) is 6.07 Å². The van der Waals surface area contributed by atoms with Gasteiger partial charge in [-0.15, -0.1) is 0 Å². The zero-order chi connectivity index (χ0) is 10.8. The van der Waals surface area contributed by atoms with E-state index in [4.69, 9.17) is 10.0 Å². The lowest BCUT2D eigenvalue weighted by molar-refractivity contribution is 0.423. The fourth-order valence-electron chi connectivity index (χ4n) is 1.90. The summed E-state index contributed by atoms with van der Waals surface area (Å²) in [5, 5.41) is 17.9. The smallest absolute Gasteiger partial charge is 0.423 e. The van der Waals surface area contributed by atoms with Gasteiger partial charge in [-0.2, -0.15) is 0 Å². The lowest BCUT2D eigenvalue weighted by Gasteiger charge is -2.18. The quantitative estimate of drug-likeness (QED) is 0.679. The van der Waals surface area contributed by atoms with E-state index in [1.807, 2.05) is 0 Å². The summed E-state index contributed by atoms with van der Waals surface area (Å²) in [6, 6.07) is 4.46. The third kappa shape index (κ3) is 2.13. The summed E-state index contributed by atoms with van der Waals surface area (Å²) in [5.74, 6) is -0.576. The summed E-state index contributed by atoms with van der Waals surface area (Å²) in [5.41, 5.74) is 0.802. The first kappa shape index (κ1) is 10.5. The summed E-state index contributed by atoms with van der Waals surface area (Å²) in [7, 11) is -1.74. The molecule has 3 nitrogen and oxygen atoms in total. The second-order valence-electron chi connectivity index (χ2n) is 3.77. The Kier molecular flexibility index (Phi) is 2.93. The van der Waals surface area contributed by atoms with Crippen molar-refractivity contribution in [2.24, 2.45) is 0 Å². The molecule has 80 valence electrons. The molecule has 0 amide bonds. The number of halogens is 1. The first-order valence-electron chi connectivity index (χ1n) is 5.09. The molecule has 0 unspecified atom stereocenters. The molecule has 2 N–H and O–H groups in total. The molecule has 0 spiro atoms. The molecule has 5 heteroatoms. The van der Waals surface area contributed by atoms with Gasteiger partial charge in [0.1, 0.15) is 5.82 Å². The fraction of sp³-hybridized carbons (Fsp3) is 0.400. The highest BCUT2D eigenvalue weighted by Crippen LogP contribution is 2.19. The van der Waals surface area contributed by atoms with Crippen LogP contribution in [0.4, 0.5) is 10.1 Å². The zero-order valence-electron chi connectivity index (χ0n) is 8.36. The van der Waals surface area contributed by atoms with Crippen LogP contribution in [0.25, 0.3) is 0 Å². The molecular weight excluding hydrogens is 196 g/mol. The van der Waals surface area contributed by atoms with Crippen LogP contribution in [0.1, 0.15) is 12.8 Å². The summed E-state index contributed by atoms with van der Waals surface area (Å²) in [6.07, 6.45) is 2.27. The molecule has 1 fully saturated rings. The number of hydrogen-bond acceptors (Lipinski definition) is 3. The minimum Gasteiger partial charge on any atom is -0.423 e. The van der Waals surface area contributed by atoms with Gasteiger partial charge in [0.05, 0.1) is 0 Å². The second-order valence-corrected chi connectivity index (χ2v) is 3.77. The summed E-state index contributed by atoms with van der Waals surface area (Å²) >= 11 is 0. The average Bonchev–Trinajstić information content (AvgIpc) is 2.71. The second kappa shape index (κ2) is 4.20. The fourth-order valence-corrected chi connectivity index (χ4v) is 1.90. The van der Waals surface area contributed by atoms with Gasteiger partial charge in [0.2, 0.25) is 0 Å². The summed E-state index contributed by atoms with van der Waals surface area (Å²) in [6.45, 7) is 1.90. The minimum absolute atomic E-state index is 0.0561. The van der Waals surface area contributed by atoms with E-state index in [-0.39, 0.29) is 5.46 Å². The Labute approximate surface area is 88.3 Å². The number of rotatable bonds is 2. The molecule has 1 heterocycles. The predicted molar refractivity (Wildman–Crippen MR) is 57.7 cm³/mol. The molecule has 1 aromatic carbocycles. The van der Waals surface area contributed by atoms with Crippen molar-refractivity contribution < 1.29 is 14.4 Å². The molecule has 15 heavy (non-hydrogen) atoms. The van der Waals surface area contributed by atoms with E-state index in [1.165, 1.54) is 12.1 Å². The third-order valence-electron chi connectivity index (χ3n) is 2.73. The van der Waals surface area contributed by atoms with Gasteiger partial charge < -0.3 is 14.9 Å². The normalized spacial score (nSPS) is 15.8. The first-order chi connectivity index (χ1) is 7.18. The summed E-state index contributed by atoms with van der Waals surface area (Å²) < 4.78 is 13.2. The Morgan fingerprint density at radius 1 is 1.20 bits per heavy atom. The molecule has 0 bridgehead atoms. The van der Waals surface area contributed by atoms with Crippen LogP contribution in [0, 0.1) is 5.82 Å². The Balaban J connectivity index is 2.29. The van der Waals surface area contributed by atoms with E-state index >= 15 is 0 Å². The third-order valence-corrected chi connectivity index (χ3v) is 2.73. The SMILES string of the molecule is OB(O)c1cc(N2CCCC2)ccc1F. The van der Waals surface area contributed by atoms with Crippen molar-refractivity contribution >= 4 is 18.3 Å². The molecular formula is C10H13BFNO2. The van der Waals surface area contributed by atoms with E-state index in [0.717, 1.165) is 31.6 Å². The number of nitrogens with zero attached hydrogens (tertiary/aromatic N) is 1. The molecule has 0 atom stereocenters. The lowest BCUT2D eigenvalue weighted by atomic mass is 9.79. The van der Waals surface area contributed by atoms with Gasteiger partial charge in [0.15, 0.2) is 0 Å². The van der Waals surface area contributed by atoms with Crippen molar-refractivity contribution in [1.29, 1.82) is 0 Å². The predicted octanol–water partition coefficient (Wildman–Crippen LogP) is 0.106. The maximum Gasteiger partial charge on any atom is 0.491 e. The van der Waals surface area contributed by atoms with Crippen LogP contribution < -0.4 is 10.4 Å². The first-order valence-corrected chi connectivity index (χ1v) is 5.09. The highest BCUT2D eigenvalue weighted by atomic mass is 19.1. The van der Waals surface area contributed by atoms with E-state index in [0.29, 0.717) is 0 Å². The van der Waals surface area contributed by atoms with Crippen LogP contribution in [-0.4, -0.2) is 30.3 Å². The topological polar surface area (TPSA) is 43.7 Å². The van der Waals surface area contributed by atoms with Gasteiger partial charge in [0, 0.05) is 24.2 Å². The number of hydrogen-bond donors (Lipinski definition) is 2. The number of anilines is 1. The molecule has 1 aromatic rings. The molecule has 0 radical (unpaired) electrons. The Morgan fingerprint density at radius 2 is 1.87 bits per heavy atom. The van der Waals surface area contributed by atoms with Crippen molar-refractivity contribution in [3.8, 4) is 0 Å². The van der Waals surface area contributed by atoms with Crippen LogP contribution >= 0.6 is 0 Å². The van der Waals surface area contributed by atoms with Crippen molar-refractivity contribution in [2.75, 3.05) is 18.0 Å². The van der Waals surface area contributed by atoms with Gasteiger partial charge in [-0.25, -0.2) is 4.39 Å². The Bertz CT molecular complexity index is 353. The zero-order valence-corrected chi connectivity index (χ0v) is 8.36. The lowest BCUT2D eigenvalue weighted by Crippen LogP contribution is -2.33. The molecule has 2 rings (SSSR count). The monoisotopic (exact) mass is 209 g/mol. The van der Waals surface area contributed by atoms with Gasteiger partial charge in [0.25, 0.3) is 0 Å². The van der Waals surface area contributed by atoms with Crippen LogP contribution in [-0.2, 0) is 0 Å². The maximum absolute atomic E-state index is 13.2. The molecule has 0 aliphatic carbocycles. The maximum atomic E-state index is 13.2. The molecule has 1 saturated heterocycles. The molecule has 1 aliphatic heterocycles. The van der Waals surface area contributed by atoms with Gasteiger partial charge in [-0.05, 0) is 31.0 Å². The highest BCUT2D eigenvalue weighted by Gasteiger charge is 2.19. The van der Waals surface area contributed by atoms with Gasteiger partial charge in [-0.3, -0.25) is 0 Å².